The molecule has 0 heterocycles. The van der Waals surface area contributed by atoms with Gasteiger partial charge < -0.3 is 10.1 Å². The Hall–Kier alpha value is -3.40. The molecule has 0 saturated heterocycles. The zero-order valence-electron chi connectivity index (χ0n) is 15.3. The molecule has 1 amide bonds. The third kappa shape index (κ3) is 3.90. The topological polar surface area (TPSA) is 55.4 Å². The lowest BCUT2D eigenvalue weighted by atomic mass is 9.84. The van der Waals surface area contributed by atoms with Crippen LogP contribution in [0.4, 0.5) is 0 Å². The van der Waals surface area contributed by atoms with Crippen LogP contribution in [0.1, 0.15) is 38.8 Å². The first kappa shape index (κ1) is 18.4. The molecule has 3 rings (SSSR count). The maximum Gasteiger partial charge on any atom is 0.337 e. The number of nitrogens with one attached hydrogen (secondary N) is 1. The molecule has 3 aromatic carbocycles. The van der Waals surface area contributed by atoms with Gasteiger partial charge in [0, 0.05) is 5.56 Å². The van der Waals surface area contributed by atoms with Crippen LogP contribution in [-0.2, 0) is 10.3 Å². The number of methoxy groups -OCH3 is 1. The van der Waals surface area contributed by atoms with Crippen LogP contribution in [0.15, 0.2) is 84.9 Å². The minimum absolute atomic E-state index is 0.221. The van der Waals surface area contributed by atoms with E-state index in [1.165, 1.54) is 7.11 Å². The van der Waals surface area contributed by atoms with E-state index in [0.717, 1.165) is 11.1 Å². The Bertz CT molecular complexity index is 879. The van der Waals surface area contributed by atoms with Gasteiger partial charge in [0.1, 0.15) is 0 Å². The van der Waals surface area contributed by atoms with Crippen LogP contribution < -0.4 is 5.32 Å². The average Bonchev–Trinajstić information content (AvgIpc) is 2.74. The predicted molar refractivity (Wildman–Crippen MR) is 105 cm³/mol. The zero-order valence-corrected chi connectivity index (χ0v) is 15.3. The summed E-state index contributed by atoms with van der Waals surface area (Å²) in [5, 5.41) is 3.15. The van der Waals surface area contributed by atoms with Crippen molar-refractivity contribution in [3.05, 3.63) is 107 Å². The second-order valence-electron chi connectivity index (χ2n) is 6.38. The standard InChI is InChI=1S/C23H21NO3/c1-23(19-9-5-3-6-10-19,20-11-7-4-8-12-20)24-21(25)17-13-15-18(16-14-17)22(26)27-2/h3-16H,1-2H3,(H,24,25). The third-order valence-electron chi connectivity index (χ3n) is 4.63. The van der Waals surface area contributed by atoms with Crippen LogP contribution >= 0.6 is 0 Å². The summed E-state index contributed by atoms with van der Waals surface area (Å²) in [6, 6.07) is 26.1. The van der Waals surface area contributed by atoms with Crippen molar-refractivity contribution in [1.29, 1.82) is 0 Å². The molecule has 3 aromatic rings. The molecule has 4 nitrogen and oxygen atoms in total. The van der Waals surface area contributed by atoms with Crippen molar-refractivity contribution in [2.24, 2.45) is 0 Å². The molecule has 0 radical (unpaired) electrons. The van der Waals surface area contributed by atoms with Crippen molar-refractivity contribution < 1.29 is 14.3 Å². The normalized spacial score (nSPS) is 10.9. The number of amides is 1. The Balaban J connectivity index is 1.93. The maximum atomic E-state index is 12.9. The fraction of sp³-hybridized carbons (Fsp3) is 0.130. The Labute approximate surface area is 158 Å². The van der Waals surface area contributed by atoms with Crippen LogP contribution in [-0.4, -0.2) is 19.0 Å². The van der Waals surface area contributed by atoms with Crippen molar-refractivity contribution >= 4 is 11.9 Å². The zero-order chi connectivity index (χ0) is 19.3. The first-order valence-electron chi connectivity index (χ1n) is 8.66. The summed E-state index contributed by atoms with van der Waals surface area (Å²) in [6.07, 6.45) is 0. The number of rotatable bonds is 5. The molecule has 136 valence electrons. The number of benzene rings is 3. The van der Waals surface area contributed by atoms with Crippen molar-refractivity contribution in [2.75, 3.05) is 7.11 Å². The maximum absolute atomic E-state index is 12.9. The van der Waals surface area contributed by atoms with Gasteiger partial charge in [0.2, 0.25) is 0 Å². The summed E-state index contributed by atoms with van der Waals surface area (Å²) in [5.74, 6) is -0.651. The fourth-order valence-corrected chi connectivity index (χ4v) is 3.03. The highest BCUT2D eigenvalue weighted by Crippen LogP contribution is 2.29. The van der Waals surface area contributed by atoms with E-state index >= 15 is 0 Å². The molecule has 4 heteroatoms. The largest absolute Gasteiger partial charge is 0.465 e. The second-order valence-corrected chi connectivity index (χ2v) is 6.38. The van der Waals surface area contributed by atoms with E-state index in [1.807, 2.05) is 67.6 Å². The Morgan fingerprint density at radius 1 is 0.741 bits per heavy atom. The van der Waals surface area contributed by atoms with Gasteiger partial charge in [0.25, 0.3) is 5.91 Å². The minimum atomic E-state index is -0.694. The number of esters is 1. The highest BCUT2D eigenvalue weighted by Gasteiger charge is 2.30. The molecule has 0 bridgehead atoms. The Kier molecular flexibility index (Phi) is 5.36. The van der Waals surface area contributed by atoms with Gasteiger partial charge in [-0.1, -0.05) is 60.7 Å². The van der Waals surface area contributed by atoms with Crippen molar-refractivity contribution in [1.82, 2.24) is 5.32 Å². The summed E-state index contributed by atoms with van der Waals surface area (Å²) < 4.78 is 4.69. The van der Waals surface area contributed by atoms with Gasteiger partial charge in [0.05, 0.1) is 18.2 Å². The first-order valence-corrected chi connectivity index (χ1v) is 8.66. The third-order valence-corrected chi connectivity index (χ3v) is 4.63. The molecule has 0 spiro atoms. The molecule has 0 aliphatic carbocycles. The lowest BCUT2D eigenvalue weighted by molar-refractivity contribution is 0.0600. The Morgan fingerprint density at radius 3 is 1.63 bits per heavy atom. The van der Waals surface area contributed by atoms with E-state index < -0.39 is 11.5 Å². The van der Waals surface area contributed by atoms with E-state index in [4.69, 9.17) is 4.74 Å². The van der Waals surface area contributed by atoms with Crippen LogP contribution in [0.25, 0.3) is 0 Å². The number of hydrogen-bond donors (Lipinski definition) is 1. The lowest BCUT2D eigenvalue weighted by Crippen LogP contribution is -2.44. The van der Waals surface area contributed by atoms with Crippen LogP contribution in [0, 0.1) is 0 Å². The summed E-state index contributed by atoms with van der Waals surface area (Å²) in [7, 11) is 1.33. The van der Waals surface area contributed by atoms with E-state index in [-0.39, 0.29) is 5.91 Å². The van der Waals surface area contributed by atoms with E-state index in [9.17, 15) is 9.59 Å². The predicted octanol–water partition coefficient (Wildman–Crippen LogP) is 4.17. The highest BCUT2D eigenvalue weighted by molar-refractivity contribution is 5.96. The molecule has 0 unspecified atom stereocenters. The smallest absolute Gasteiger partial charge is 0.337 e. The second kappa shape index (κ2) is 7.87. The highest BCUT2D eigenvalue weighted by atomic mass is 16.5. The van der Waals surface area contributed by atoms with Gasteiger partial charge in [0.15, 0.2) is 0 Å². The molecule has 0 aliphatic heterocycles. The Morgan fingerprint density at radius 2 is 1.19 bits per heavy atom. The van der Waals surface area contributed by atoms with Gasteiger partial charge in [-0.15, -0.1) is 0 Å². The van der Waals surface area contributed by atoms with Gasteiger partial charge >= 0.3 is 5.97 Å². The van der Waals surface area contributed by atoms with Crippen molar-refractivity contribution in [2.45, 2.75) is 12.5 Å². The lowest BCUT2D eigenvalue weighted by Gasteiger charge is -2.32. The summed E-state index contributed by atoms with van der Waals surface area (Å²) in [4.78, 5) is 24.5. The van der Waals surface area contributed by atoms with E-state index in [1.54, 1.807) is 24.3 Å². The summed E-state index contributed by atoms with van der Waals surface area (Å²) in [6.45, 7) is 1.98. The molecule has 0 aromatic heterocycles. The number of ether oxygens (including phenoxy) is 1. The summed E-state index contributed by atoms with van der Waals surface area (Å²) >= 11 is 0. The van der Waals surface area contributed by atoms with E-state index in [2.05, 4.69) is 5.32 Å². The molecule has 1 N–H and O–H groups in total. The minimum Gasteiger partial charge on any atom is -0.465 e. The number of carbonyl (C=O) groups excluding carboxylic acids is 2. The van der Waals surface area contributed by atoms with Crippen molar-refractivity contribution in [3.63, 3.8) is 0 Å². The first-order chi connectivity index (χ1) is 13.0. The molecular formula is C23H21NO3. The summed E-state index contributed by atoms with van der Waals surface area (Å²) in [5.41, 5.74) is 2.15. The van der Waals surface area contributed by atoms with Crippen LogP contribution in [0.2, 0.25) is 0 Å². The molecular weight excluding hydrogens is 338 g/mol. The van der Waals surface area contributed by atoms with Gasteiger partial charge in [-0.2, -0.15) is 0 Å². The number of hydrogen-bond acceptors (Lipinski definition) is 3. The van der Waals surface area contributed by atoms with Gasteiger partial charge in [-0.3, -0.25) is 4.79 Å². The molecule has 0 aliphatic rings. The fourth-order valence-electron chi connectivity index (χ4n) is 3.03. The van der Waals surface area contributed by atoms with Gasteiger partial charge in [-0.25, -0.2) is 4.79 Å². The number of carbonyl (C=O) groups is 2. The van der Waals surface area contributed by atoms with Crippen molar-refractivity contribution in [3.8, 4) is 0 Å². The molecule has 27 heavy (non-hydrogen) atoms. The quantitative estimate of drug-likeness (QED) is 0.696. The van der Waals surface area contributed by atoms with Crippen LogP contribution in [0.5, 0.6) is 0 Å². The van der Waals surface area contributed by atoms with Gasteiger partial charge in [-0.05, 0) is 42.3 Å². The SMILES string of the molecule is COC(=O)c1ccc(C(=O)NC(C)(c2ccccc2)c2ccccc2)cc1. The average molecular weight is 359 g/mol. The molecule has 0 atom stereocenters. The molecule has 0 saturated carbocycles. The van der Waals surface area contributed by atoms with Crippen LogP contribution in [0.3, 0.4) is 0 Å². The van der Waals surface area contributed by atoms with E-state index in [0.29, 0.717) is 11.1 Å². The monoisotopic (exact) mass is 359 g/mol. The molecule has 0 fully saturated rings.